The molecule has 1 aliphatic rings. The van der Waals surface area contributed by atoms with Crippen LogP contribution in [0.25, 0.3) is 29.4 Å². The van der Waals surface area contributed by atoms with Crippen LogP contribution in [-0.4, -0.2) is 21.7 Å². The van der Waals surface area contributed by atoms with E-state index in [-0.39, 0.29) is 11.8 Å². The van der Waals surface area contributed by atoms with Crippen molar-refractivity contribution in [3.63, 3.8) is 0 Å². The van der Waals surface area contributed by atoms with Crippen LogP contribution in [0.4, 0.5) is 0 Å². The maximum absolute atomic E-state index is 12.7. The van der Waals surface area contributed by atoms with Crippen LogP contribution in [0, 0.1) is 0 Å². The fraction of sp³-hybridized carbons (Fsp3) is 0. The number of carbonyl (C=O) groups excluding carboxylic acids is 1. The van der Waals surface area contributed by atoms with Gasteiger partial charge in [-0.15, -0.1) is 45.3 Å². The molecule has 5 aromatic heterocycles. The summed E-state index contributed by atoms with van der Waals surface area (Å²) in [5.74, 6) is -0.289. The van der Waals surface area contributed by atoms with Crippen LogP contribution >= 0.6 is 45.3 Å². The smallest absolute Gasteiger partial charge is 0.280 e. The van der Waals surface area contributed by atoms with Gasteiger partial charge in [0.25, 0.3) is 5.91 Å². The number of aromatic hydroxyl groups is 1. The molecule has 4 nitrogen and oxygen atoms in total. The van der Waals surface area contributed by atoms with Gasteiger partial charge in [-0.05, 0) is 35.0 Å². The second-order valence-corrected chi connectivity index (χ2v) is 9.95. The average molecular weight is 413 g/mol. The molecule has 26 heavy (non-hydrogen) atoms. The van der Waals surface area contributed by atoms with Crippen LogP contribution < -0.4 is 0 Å². The number of hydrogen-bond donors (Lipinski definition) is 2. The van der Waals surface area contributed by atoms with Crippen molar-refractivity contribution < 1.29 is 9.90 Å². The van der Waals surface area contributed by atoms with Crippen LogP contribution in [0.5, 0.6) is 5.88 Å². The molecule has 1 amide bonds. The SMILES string of the molecule is O=C1N=C(c2cc3sccc3s2)c2c(O)[nH]c(-c3cc4sccc4s3)c21. The predicted octanol–water partition coefficient (Wildman–Crippen LogP) is 5.93. The van der Waals surface area contributed by atoms with Gasteiger partial charge in [-0.25, -0.2) is 4.99 Å². The van der Waals surface area contributed by atoms with Crippen LogP contribution in [0.2, 0.25) is 0 Å². The van der Waals surface area contributed by atoms with Crippen molar-refractivity contribution >= 4 is 75.8 Å². The van der Waals surface area contributed by atoms with Gasteiger partial charge < -0.3 is 10.1 Å². The van der Waals surface area contributed by atoms with E-state index < -0.39 is 0 Å². The van der Waals surface area contributed by atoms with E-state index in [1.807, 2.05) is 11.4 Å². The highest BCUT2D eigenvalue weighted by Gasteiger charge is 2.34. The molecule has 2 N–H and O–H groups in total. The fourth-order valence-electron chi connectivity index (χ4n) is 3.28. The van der Waals surface area contributed by atoms with Gasteiger partial charge in [-0.2, -0.15) is 0 Å². The Morgan fingerprint density at radius 2 is 1.54 bits per heavy atom. The Morgan fingerprint density at radius 1 is 0.885 bits per heavy atom. The van der Waals surface area contributed by atoms with Crippen molar-refractivity contribution in [1.29, 1.82) is 0 Å². The monoisotopic (exact) mass is 412 g/mol. The minimum Gasteiger partial charge on any atom is -0.494 e. The first kappa shape index (κ1) is 14.9. The normalized spacial score (nSPS) is 13.8. The zero-order valence-corrected chi connectivity index (χ0v) is 16.2. The van der Waals surface area contributed by atoms with Gasteiger partial charge >= 0.3 is 0 Å². The molecule has 0 saturated carbocycles. The van der Waals surface area contributed by atoms with Crippen LogP contribution in [0.1, 0.15) is 20.8 Å². The lowest BCUT2D eigenvalue weighted by molar-refractivity contribution is 0.101. The molecule has 0 aromatic carbocycles. The third-order valence-electron chi connectivity index (χ3n) is 4.40. The van der Waals surface area contributed by atoms with Gasteiger partial charge in [0, 0.05) is 18.8 Å². The van der Waals surface area contributed by atoms with Crippen molar-refractivity contribution in [3.8, 4) is 16.5 Å². The molecular formula is C18H8N2O2S4. The molecule has 0 saturated heterocycles. The van der Waals surface area contributed by atoms with Crippen LogP contribution in [-0.2, 0) is 0 Å². The molecule has 0 fully saturated rings. The van der Waals surface area contributed by atoms with Crippen LogP contribution in [0.15, 0.2) is 40.0 Å². The number of thiophene rings is 4. The minimum atomic E-state index is -0.296. The zero-order chi connectivity index (χ0) is 17.4. The van der Waals surface area contributed by atoms with E-state index in [1.54, 1.807) is 45.3 Å². The van der Waals surface area contributed by atoms with Gasteiger partial charge in [-0.1, -0.05) is 0 Å². The first-order chi connectivity index (χ1) is 12.7. The van der Waals surface area contributed by atoms with Gasteiger partial charge in [0.15, 0.2) is 5.88 Å². The topological polar surface area (TPSA) is 65.4 Å². The third kappa shape index (κ3) is 1.92. The van der Waals surface area contributed by atoms with Crippen molar-refractivity contribution in [2.75, 3.05) is 0 Å². The van der Waals surface area contributed by atoms with Crippen molar-refractivity contribution in [1.82, 2.24) is 4.98 Å². The zero-order valence-electron chi connectivity index (χ0n) is 12.9. The Bertz CT molecular complexity index is 1320. The van der Waals surface area contributed by atoms with E-state index in [1.165, 1.54) is 18.8 Å². The summed E-state index contributed by atoms with van der Waals surface area (Å²) in [5.41, 5.74) is 2.23. The fourth-order valence-corrected chi connectivity index (χ4v) is 7.50. The minimum absolute atomic E-state index is 0.00751. The first-order valence-corrected chi connectivity index (χ1v) is 11.1. The van der Waals surface area contributed by atoms with E-state index in [9.17, 15) is 9.90 Å². The number of rotatable bonds is 2. The van der Waals surface area contributed by atoms with Gasteiger partial charge in [0.2, 0.25) is 0 Å². The van der Waals surface area contributed by atoms with E-state index in [4.69, 9.17) is 0 Å². The number of nitrogens with zero attached hydrogens (tertiary/aromatic N) is 1. The summed E-state index contributed by atoms with van der Waals surface area (Å²) in [6.07, 6.45) is 0. The summed E-state index contributed by atoms with van der Waals surface area (Å²) in [4.78, 5) is 21.8. The summed E-state index contributed by atoms with van der Waals surface area (Å²) in [6.45, 7) is 0. The maximum Gasteiger partial charge on any atom is 0.280 e. The Balaban J connectivity index is 1.55. The number of nitrogens with one attached hydrogen (secondary N) is 1. The summed E-state index contributed by atoms with van der Waals surface area (Å²) in [6, 6.07) is 8.23. The van der Waals surface area contributed by atoms with E-state index in [2.05, 4.69) is 33.6 Å². The van der Waals surface area contributed by atoms with Crippen molar-refractivity contribution in [2.45, 2.75) is 0 Å². The van der Waals surface area contributed by atoms with Crippen LogP contribution in [0.3, 0.4) is 0 Å². The lowest BCUT2D eigenvalue weighted by Crippen LogP contribution is -1.96. The number of fused-ring (bicyclic) bond motifs is 3. The van der Waals surface area contributed by atoms with E-state index in [0.717, 1.165) is 9.75 Å². The highest BCUT2D eigenvalue weighted by molar-refractivity contribution is 7.29. The molecule has 0 unspecified atom stereocenters. The second-order valence-electron chi connectivity index (χ2n) is 5.88. The van der Waals surface area contributed by atoms with E-state index >= 15 is 0 Å². The lowest BCUT2D eigenvalue weighted by atomic mass is 10.1. The molecular weight excluding hydrogens is 404 g/mol. The highest BCUT2D eigenvalue weighted by Crippen LogP contribution is 2.44. The molecule has 0 spiro atoms. The van der Waals surface area contributed by atoms with E-state index in [0.29, 0.717) is 22.5 Å². The largest absolute Gasteiger partial charge is 0.494 e. The number of hydrogen-bond acceptors (Lipinski definition) is 6. The Labute approximate surface area is 162 Å². The Kier molecular flexibility index (Phi) is 2.94. The summed E-state index contributed by atoms with van der Waals surface area (Å²) < 4.78 is 4.69. The van der Waals surface area contributed by atoms with Crippen molar-refractivity contribution in [2.24, 2.45) is 4.99 Å². The predicted molar refractivity (Wildman–Crippen MR) is 111 cm³/mol. The average Bonchev–Trinajstić information content (AvgIpc) is 3.35. The maximum atomic E-state index is 12.7. The summed E-state index contributed by atoms with van der Waals surface area (Å²) >= 11 is 6.53. The number of aliphatic imine (C=N–C) groups is 1. The quantitative estimate of drug-likeness (QED) is 0.377. The molecule has 0 atom stereocenters. The first-order valence-electron chi connectivity index (χ1n) is 7.72. The Morgan fingerprint density at radius 3 is 2.23 bits per heavy atom. The molecule has 0 aliphatic carbocycles. The molecule has 6 rings (SSSR count). The second kappa shape index (κ2) is 5.14. The number of amides is 1. The van der Waals surface area contributed by atoms with Gasteiger partial charge in [-0.3, -0.25) is 4.79 Å². The number of carbonyl (C=O) groups is 1. The molecule has 0 radical (unpaired) electrons. The number of H-pyrrole nitrogens is 1. The number of aromatic nitrogens is 1. The number of aromatic amines is 1. The molecule has 0 bridgehead atoms. The highest BCUT2D eigenvalue weighted by atomic mass is 32.1. The molecule has 1 aliphatic heterocycles. The molecule has 6 heterocycles. The molecule has 126 valence electrons. The lowest BCUT2D eigenvalue weighted by Gasteiger charge is -1.96. The standard InChI is InChI=1S/C18H8N2O2S4/c21-17-13-14(16(20-17)12-6-10-8(26-12)2-4-24-10)18(22)19-15(13)11-5-9-7(25-11)1-3-23-9/h1-6,19,22H. The summed E-state index contributed by atoms with van der Waals surface area (Å²) in [7, 11) is 0. The van der Waals surface area contributed by atoms with Gasteiger partial charge in [0.05, 0.1) is 32.3 Å². The van der Waals surface area contributed by atoms with Crippen molar-refractivity contribution in [3.05, 3.63) is 51.0 Å². The Hall–Kier alpha value is -2.26. The third-order valence-corrected chi connectivity index (χ3v) is 8.61. The summed E-state index contributed by atoms with van der Waals surface area (Å²) in [5, 5.41) is 14.6. The molecule has 5 aromatic rings. The molecule has 8 heteroatoms. The van der Waals surface area contributed by atoms with Gasteiger partial charge in [0.1, 0.15) is 0 Å².